The van der Waals surface area contributed by atoms with Gasteiger partial charge in [-0.2, -0.15) is 5.10 Å². The number of nitrogens with one attached hydrogen (secondary N) is 1. The van der Waals surface area contributed by atoms with Gasteiger partial charge in [0.2, 0.25) is 5.91 Å². The van der Waals surface area contributed by atoms with Crippen LogP contribution in [-0.2, 0) is 4.79 Å². The van der Waals surface area contributed by atoms with Crippen LogP contribution in [0.15, 0.2) is 6.07 Å². The number of rotatable bonds is 4. The number of nitrogens with zero attached hydrogens (tertiary/aromatic N) is 2. The first-order valence-corrected chi connectivity index (χ1v) is 10.7. The number of aromatic amines is 1. The van der Waals surface area contributed by atoms with E-state index in [4.69, 9.17) is 5.73 Å². The zero-order chi connectivity index (χ0) is 18.6. The molecule has 0 aromatic carbocycles. The zero-order valence-electron chi connectivity index (χ0n) is 16.0. The molecule has 2 heterocycles. The predicted octanol–water partition coefficient (Wildman–Crippen LogP) is 3.17. The molecule has 1 atom stereocenters. The number of primary amides is 1. The molecule has 6 nitrogen and oxygen atoms in total. The quantitative estimate of drug-likeness (QED) is 0.852. The Morgan fingerprint density at radius 2 is 1.81 bits per heavy atom. The normalized spacial score (nSPS) is 37.6. The molecule has 146 valence electrons. The van der Waals surface area contributed by atoms with Crippen LogP contribution in [0.2, 0.25) is 0 Å². The summed E-state index contributed by atoms with van der Waals surface area (Å²) in [5.74, 6) is 2.38. The molecule has 0 radical (unpaired) electrons. The highest BCUT2D eigenvalue weighted by Crippen LogP contribution is 2.61. The van der Waals surface area contributed by atoms with Crippen molar-refractivity contribution in [3.8, 4) is 0 Å². The zero-order valence-corrected chi connectivity index (χ0v) is 16.0. The first kappa shape index (κ1) is 17.3. The molecular formula is C21H30N4O2. The topological polar surface area (TPSA) is 92.1 Å². The summed E-state index contributed by atoms with van der Waals surface area (Å²) in [6.07, 6.45) is 11.8. The minimum absolute atomic E-state index is 0.000706. The van der Waals surface area contributed by atoms with Crippen molar-refractivity contribution in [1.29, 1.82) is 0 Å². The summed E-state index contributed by atoms with van der Waals surface area (Å²) in [5, 5.41) is 6.98. The van der Waals surface area contributed by atoms with E-state index in [9.17, 15) is 9.59 Å². The number of aromatic nitrogens is 2. The Morgan fingerprint density at radius 1 is 1.15 bits per heavy atom. The summed E-state index contributed by atoms with van der Waals surface area (Å²) in [4.78, 5) is 26.9. The van der Waals surface area contributed by atoms with Crippen LogP contribution in [0, 0.1) is 23.2 Å². The minimum Gasteiger partial charge on any atom is -0.364 e. The Hall–Kier alpha value is -1.85. The van der Waals surface area contributed by atoms with E-state index in [1.165, 1.54) is 38.5 Å². The molecule has 6 heteroatoms. The second-order valence-corrected chi connectivity index (χ2v) is 9.77. The summed E-state index contributed by atoms with van der Waals surface area (Å²) in [7, 11) is 0. The lowest BCUT2D eigenvalue weighted by atomic mass is 9.49. The highest BCUT2D eigenvalue weighted by molar-refractivity contribution is 5.90. The van der Waals surface area contributed by atoms with Crippen LogP contribution in [0.3, 0.4) is 0 Å². The Morgan fingerprint density at radius 3 is 2.41 bits per heavy atom. The van der Waals surface area contributed by atoms with Gasteiger partial charge in [0.05, 0.1) is 11.7 Å². The number of hydrogen-bond acceptors (Lipinski definition) is 3. The summed E-state index contributed by atoms with van der Waals surface area (Å²) < 4.78 is 0. The highest BCUT2D eigenvalue weighted by atomic mass is 16.2. The fourth-order valence-electron chi connectivity index (χ4n) is 7.12. The molecule has 4 bridgehead atoms. The number of nitrogens with two attached hydrogens (primary N) is 1. The van der Waals surface area contributed by atoms with Crippen LogP contribution in [-0.4, -0.2) is 33.5 Å². The van der Waals surface area contributed by atoms with Gasteiger partial charge < -0.3 is 10.6 Å². The van der Waals surface area contributed by atoms with Gasteiger partial charge in [-0.3, -0.25) is 14.7 Å². The van der Waals surface area contributed by atoms with Gasteiger partial charge in [-0.15, -0.1) is 0 Å². The van der Waals surface area contributed by atoms with Crippen molar-refractivity contribution in [3.05, 3.63) is 17.5 Å². The van der Waals surface area contributed by atoms with Gasteiger partial charge in [-0.1, -0.05) is 0 Å². The molecule has 6 rings (SSSR count). The average Bonchev–Trinajstić information content (AvgIpc) is 3.10. The molecule has 4 saturated carbocycles. The fraction of sp³-hybridized carbons (Fsp3) is 0.762. The smallest absolute Gasteiger partial charge is 0.269 e. The van der Waals surface area contributed by atoms with Gasteiger partial charge in [-0.25, -0.2) is 0 Å². The van der Waals surface area contributed by atoms with Gasteiger partial charge in [0, 0.05) is 13.0 Å². The van der Waals surface area contributed by atoms with Crippen molar-refractivity contribution in [2.24, 2.45) is 28.9 Å². The van der Waals surface area contributed by atoms with E-state index in [2.05, 4.69) is 15.1 Å². The van der Waals surface area contributed by atoms with Crippen molar-refractivity contribution < 1.29 is 9.59 Å². The van der Waals surface area contributed by atoms with Gasteiger partial charge in [0.1, 0.15) is 5.69 Å². The van der Waals surface area contributed by atoms with E-state index < -0.39 is 5.91 Å². The molecule has 3 N–H and O–H groups in total. The van der Waals surface area contributed by atoms with Gasteiger partial charge in [-0.05, 0) is 87.0 Å². The van der Waals surface area contributed by atoms with Crippen molar-refractivity contribution >= 4 is 11.8 Å². The number of carbonyl (C=O) groups excluding carboxylic acids is 2. The lowest BCUT2D eigenvalue weighted by Gasteiger charge is -2.57. The van der Waals surface area contributed by atoms with Crippen LogP contribution in [0.5, 0.6) is 0 Å². The van der Waals surface area contributed by atoms with Gasteiger partial charge in [0.25, 0.3) is 5.91 Å². The fourth-order valence-corrected chi connectivity index (χ4v) is 7.12. The number of hydrogen-bond donors (Lipinski definition) is 2. The third kappa shape index (κ3) is 3.07. The lowest BCUT2D eigenvalue weighted by Crippen LogP contribution is -2.49. The molecule has 1 aromatic rings. The van der Waals surface area contributed by atoms with Crippen LogP contribution in [0.4, 0.5) is 0 Å². The Labute approximate surface area is 160 Å². The number of piperidine rings is 1. The van der Waals surface area contributed by atoms with E-state index in [0.717, 1.165) is 49.3 Å². The molecule has 1 saturated heterocycles. The summed E-state index contributed by atoms with van der Waals surface area (Å²) in [6, 6.07) is 1.73. The van der Waals surface area contributed by atoms with Crippen LogP contribution >= 0.6 is 0 Å². The van der Waals surface area contributed by atoms with Crippen LogP contribution < -0.4 is 5.73 Å². The van der Waals surface area contributed by atoms with Crippen molar-refractivity contribution in [1.82, 2.24) is 15.1 Å². The Balaban J connectivity index is 1.34. The molecule has 2 amide bonds. The molecule has 27 heavy (non-hydrogen) atoms. The standard InChI is InChI=1S/C21H30N4O2/c22-20(27)17-8-16(23-24-17)18-3-1-2-4-25(18)19(26)12-21-9-13-5-14(10-21)7-15(6-13)11-21/h8,13-15,18H,1-7,9-12H2,(H2,22,27)(H,23,24). The number of amides is 2. The minimum atomic E-state index is -0.528. The molecule has 1 aliphatic heterocycles. The number of carbonyl (C=O) groups is 2. The van der Waals surface area contributed by atoms with E-state index in [1.54, 1.807) is 6.07 Å². The molecule has 4 aliphatic carbocycles. The Kier molecular flexibility index (Phi) is 4.06. The number of likely N-dealkylation sites (tertiary alicyclic amines) is 1. The van der Waals surface area contributed by atoms with E-state index >= 15 is 0 Å². The molecule has 1 aromatic heterocycles. The van der Waals surface area contributed by atoms with E-state index in [0.29, 0.717) is 12.3 Å². The maximum atomic E-state index is 13.4. The highest BCUT2D eigenvalue weighted by Gasteiger charge is 2.52. The van der Waals surface area contributed by atoms with Crippen LogP contribution in [0.25, 0.3) is 0 Å². The van der Waals surface area contributed by atoms with Crippen molar-refractivity contribution in [2.45, 2.75) is 70.3 Å². The van der Waals surface area contributed by atoms with Crippen LogP contribution in [0.1, 0.15) is 86.4 Å². The molecular weight excluding hydrogens is 340 g/mol. The lowest BCUT2D eigenvalue weighted by molar-refractivity contribution is -0.143. The predicted molar refractivity (Wildman–Crippen MR) is 101 cm³/mol. The van der Waals surface area contributed by atoms with E-state index in [-0.39, 0.29) is 17.2 Å². The summed E-state index contributed by atoms with van der Waals surface area (Å²) in [6.45, 7) is 0.806. The maximum Gasteiger partial charge on any atom is 0.269 e. The Bertz CT molecular complexity index is 720. The molecule has 5 fully saturated rings. The number of H-pyrrole nitrogens is 1. The molecule has 1 unspecified atom stereocenters. The van der Waals surface area contributed by atoms with E-state index in [1.807, 2.05) is 0 Å². The third-order valence-corrected chi connectivity index (χ3v) is 7.72. The summed E-state index contributed by atoms with van der Waals surface area (Å²) in [5.41, 5.74) is 6.71. The van der Waals surface area contributed by atoms with Crippen molar-refractivity contribution in [3.63, 3.8) is 0 Å². The SMILES string of the molecule is NC(=O)c1cc(C2CCCCN2C(=O)CC23CC4CC(CC(C4)C2)C3)[nH]n1. The first-order valence-electron chi connectivity index (χ1n) is 10.7. The molecule has 0 spiro atoms. The molecule has 5 aliphatic rings. The van der Waals surface area contributed by atoms with Gasteiger partial charge in [0.15, 0.2) is 0 Å². The second-order valence-electron chi connectivity index (χ2n) is 9.77. The second kappa shape index (κ2) is 6.35. The van der Waals surface area contributed by atoms with Crippen molar-refractivity contribution in [2.75, 3.05) is 6.54 Å². The third-order valence-electron chi connectivity index (χ3n) is 7.72. The van der Waals surface area contributed by atoms with Gasteiger partial charge >= 0.3 is 0 Å². The average molecular weight is 370 g/mol. The summed E-state index contributed by atoms with van der Waals surface area (Å²) >= 11 is 0. The monoisotopic (exact) mass is 370 g/mol. The maximum absolute atomic E-state index is 13.4. The largest absolute Gasteiger partial charge is 0.364 e. The first-order chi connectivity index (χ1) is 13.0.